The Kier molecular flexibility index (Phi) is 5.54. The van der Waals surface area contributed by atoms with Gasteiger partial charge in [0.05, 0.1) is 29.7 Å². The van der Waals surface area contributed by atoms with Gasteiger partial charge in [0, 0.05) is 7.05 Å². The van der Waals surface area contributed by atoms with Crippen LogP contribution >= 0.6 is 0 Å². The second kappa shape index (κ2) is 7.90. The molecule has 0 fully saturated rings. The number of aromatic nitrogens is 2. The number of carboxylic acid groups (broad SMARTS) is 1. The third kappa shape index (κ3) is 4.06. The standard InChI is InChI=1S/C21H22FN3O4/c1-12(2)19-18(10-23-25(19)15-7-5-14(22)6-8-15)20(26)24(4)11-16-9-17(21(27)28)13(3)29-16/h5-10,12H,11H2,1-4H3,(H,27,28). The van der Waals surface area contributed by atoms with Crippen molar-refractivity contribution in [3.05, 3.63) is 70.7 Å². The van der Waals surface area contributed by atoms with E-state index in [4.69, 9.17) is 9.52 Å². The lowest BCUT2D eigenvalue weighted by atomic mass is 10.0. The van der Waals surface area contributed by atoms with Crippen molar-refractivity contribution < 1.29 is 23.5 Å². The van der Waals surface area contributed by atoms with E-state index in [-0.39, 0.29) is 29.8 Å². The molecule has 7 nitrogen and oxygen atoms in total. The molecule has 2 aromatic heterocycles. The zero-order valence-corrected chi connectivity index (χ0v) is 16.6. The molecule has 152 valence electrons. The van der Waals surface area contributed by atoms with Crippen molar-refractivity contribution in [1.29, 1.82) is 0 Å². The molecular weight excluding hydrogens is 377 g/mol. The highest BCUT2D eigenvalue weighted by Crippen LogP contribution is 2.25. The van der Waals surface area contributed by atoms with Gasteiger partial charge in [-0.05, 0) is 43.2 Å². The minimum Gasteiger partial charge on any atom is -0.478 e. The van der Waals surface area contributed by atoms with Crippen LogP contribution in [0.5, 0.6) is 0 Å². The predicted molar refractivity (Wildman–Crippen MR) is 104 cm³/mol. The van der Waals surface area contributed by atoms with Crippen molar-refractivity contribution in [3.63, 3.8) is 0 Å². The molecule has 1 amide bonds. The first-order chi connectivity index (χ1) is 13.7. The first-order valence-electron chi connectivity index (χ1n) is 9.11. The van der Waals surface area contributed by atoms with Gasteiger partial charge in [0.25, 0.3) is 5.91 Å². The average Bonchev–Trinajstić information content (AvgIpc) is 3.25. The molecule has 0 saturated heterocycles. The lowest BCUT2D eigenvalue weighted by Crippen LogP contribution is -2.27. The van der Waals surface area contributed by atoms with E-state index in [9.17, 15) is 14.0 Å². The van der Waals surface area contributed by atoms with Gasteiger partial charge in [-0.1, -0.05) is 13.8 Å². The van der Waals surface area contributed by atoms with Gasteiger partial charge in [-0.2, -0.15) is 5.10 Å². The Bertz CT molecular complexity index is 1050. The fourth-order valence-electron chi connectivity index (χ4n) is 3.21. The number of benzene rings is 1. The molecule has 0 saturated carbocycles. The molecule has 1 aromatic carbocycles. The molecule has 3 rings (SSSR count). The number of halogens is 1. The maximum Gasteiger partial charge on any atom is 0.339 e. The highest BCUT2D eigenvalue weighted by molar-refractivity contribution is 5.95. The third-order valence-corrected chi connectivity index (χ3v) is 4.59. The summed E-state index contributed by atoms with van der Waals surface area (Å²) >= 11 is 0. The molecule has 1 N–H and O–H groups in total. The topological polar surface area (TPSA) is 88.6 Å². The number of hydrogen-bond donors (Lipinski definition) is 1. The number of carbonyl (C=O) groups excluding carboxylic acids is 1. The zero-order chi connectivity index (χ0) is 21.3. The van der Waals surface area contributed by atoms with Crippen LogP contribution in [0.1, 0.15) is 57.7 Å². The van der Waals surface area contributed by atoms with Gasteiger partial charge >= 0.3 is 5.97 Å². The number of rotatable bonds is 6. The number of furan rings is 1. The van der Waals surface area contributed by atoms with Crippen LogP contribution in [0.4, 0.5) is 4.39 Å². The van der Waals surface area contributed by atoms with Crippen molar-refractivity contribution in [2.24, 2.45) is 0 Å². The van der Waals surface area contributed by atoms with E-state index in [1.165, 1.54) is 29.3 Å². The summed E-state index contributed by atoms with van der Waals surface area (Å²) in [5.41, 5.74) is 1.86. The number of nitrogens with zero attached hydrogens (tertiary/aromatic N) is 3. The van der Waals surface area contributed by atoms with Crippen LogP contribution in [0.15, 0.2) is 40.9 Å². The molecule has 0 unspecified atom stereocenters. The van der Waals surface area contributed by atoms with Crippen molar-refractivity contribution in [2.45, 2.75) is 33.2 Å². The lowest BCUT2D eigenvalue weighted by molar-refractivity contribution is 0.0694. The lowest BCUT2D eigenvalue weighted by Gasteiger charge is -2.18. The summed E-state index contributed by atoms with van der Waals surface area (Å²) in [7, 11) is 1.61. The number of carbonyl (C=O) groups is 2. The second-order valence-corrected chi connectivity index (χ2v) is 7.14. The fraction of sp³-hybridized carbons (Fsp3) is 0.286. The number of amides is 1. The molecule has 0 aliphatic heterocycles. The SMILES string of the molecule is Cc1oc(CN(C)C(=O)c2cnn(-c3ccc(F)cc3)c2C(C)C)cc1C(=O)O. The van der Waals surface area contributed by atoms with Gasteiger partial charge in [-0.15, -0.1) is 0 Å². The summed E-state index contributed by atoms with van der Waals surface area (Å²) < 4.78 is 20.3. The number of aryl methyl sites for hydroxylation is 1. The minimum atomic E-state index is -1.07. The Labute approximate surface area is 167 Å². The molecule has 0 aliphatic rings. The smallest absolute Gasteiger partial charge is 0.339 e. The van der Waals surface area contributed by atoms with Gasteiger partial charge in [0.1, 0.15) is 22.9 Å². The number of carboxylic acids is 1. The van der Waals surface area contributed by atoms with Gasteiger partial charge in [-0.3, -0.25) is 4.79 Å². The maximum atomic E-state index is 13.3. The van der Waals surface area contributed by atoms with Gasteiger partial charge in [0.15, 0.2) is 0 Å². The van der Waals surface area contributed by atoms with Crippen LogP contribution in [-0.2, 0) is 6.54 Å². The van der Waals surface area contributed by atoms with E-state index in [1.54, 1.807) is 30.8 Å². The normalized spacial score (nSPS) is 11.1. The van der Waals surface area contributed by atoms with Crippen LogP contribution in [0.2, 0.25) is 0 Å². The molecule has 0 aliphatic carbocycles. The molecule has 0 radical (unpaired) electrons. The Hall–Kier alpha value is -3.42. The Balaban J connectivity index is 1.89. The molecular formula is C21H22FN3O4. The van der Waals surface area contributed by atoms with Crippen LogP contribution in [0.3, 0.4) is 0 Å². The van der Waals surface area contributed by atoms with Crippen LogP contribution in [0, 0.1) is 12.7 Å². The van der Waals surface area contributed by atoms with E-state index in [2.05, 4.69) is 5.10 Å². The molecule has 3 aromatic rings. The molecule has 0 bridgehead atoms. The van der Waals surface area contributed by atoms with Crippen molar-refractivity contribution in [1.82, 2.24) is 14.7 Å². The number of hydrogen-bond acceptors (Lipinski definition) is 4. The molecule has 8 heteroatoms. The van der Waals surface area contributed by atoms with Crippen LogP contribution in [-0.4, -0.2) is 38.7 Å². The summed E-state index contributed by atoms with van der Waals surface area (Å²) in [6, 6.07) is 7.31. The van der Waals surface area contributed by atoms with E-state index in [1.807, 2.05) is 13.8 Å². The fourth-order valence-corrected chi connectivity index (χ4v) is 3.21. The van der Waals surface area contributed by atoms with E-state index in [0.717, 1.165) is 0 Å². The zero-order valence-electron chi connectivity index (χ0n) is 16.6. The largest absolute Gasteiger partial charge is 0.478 e. The molecule has 0 atom stereocenters. The molecule has 29 heavy (non-hydrogen) atoms. The van der Waals surface area contributed by atoms with Gasteiger partial charge in [-0.25, -0.2) is 13.9 Å². The summed E-state index contributed by atoms with van der Waals surface area (Å²) in [5, 5.41) is 13.5. The highest BCUT2D eigenvalue weighted by atomic mass is 19.1. The summed E-state index contributed by atoms with van der Waals surface area (Å²) in [6.45, 7) is 5.58. The summed E-state index contributed by atoms with van der Waals surface area (Å²) in [5.74, 6) is -1.04. The Morgan fingerprint density at radius 1 is 1.24 bits per heavy atom. The number of aromatic carboxylic acids is 1. The first-order valence-corrected chi connectivity index (χ1v) is 9.11. The maximum absolute atomic E-state index is 13.3. The first kappa shape index (κ1) is 20.3. The highest BCUT2D eigenvalue weighted by Gasteiger charge is 2.24. The van der Waals surface area contributed by atoms with E-state index < -0.39 is 5.97 Å². The predicted octanol–water partition coefficient (Wildman–Crippen LogP) is 4.01. The van der Waals surface area contributed by atoms with Crippen LogP contribution < -0.4 is 0 Å². The summed E-state index contributed by atoms with van der Waals surface area (Å²) in [4.78, 5) is 25.7. The quantitative estimate of drug-likeness (QED) is 0.677. The minimum absolute atomic E-state index is 0.0145. The average molecular weight is 399 g/mol. The monoisotopic (exact) mass is 399 g/mol. The molecule has 0 spiro atoms. The summed E-state index contributed by atoms with van der Waals surface area (Å²) in [6.07, 6.45) is 1.49. The van der Waals surface area contributed by atoms with E-state index in [0.29, 0.717) is 28.5 Å². The van der Waals surface area contributed by atoms with Gasteiger partial charge < -0.3 is 14.4 Å². The molecule has 2 heterocycles. The third-order valence-electron chi connectivity index (χ3n) is 4.59. The van der Waals surface area contributed by atoms with Crippen molar-refractivity contribution >= 4 is 11.9 Å². The Morgan fingerprint density at radius 2 is 1.90 bits per heavy atom. The van der Waals surface area contributed by atoms with E-state index >= 15 is 0 Å². The Morgan fingerprint density at radius 3 is 2.45 bits per heavy atom. The van der Waals surface area contributed by atoms with Crippen LogP contribution in [0.25, 0.3) is 5.69 Å². The van der Waals surface area contributed by atoms with Crippen molar-refractivity contribution in [3.8, 4) is 5.69 Å². The van der Waals surface area contributed by atoms with Gasteiger partial charge in [0.2, 0.25) is 0 Å². The second-order valence-electron chi connectivity index (χ2n) is 7.14. The van der Waals surface area contributed by atoms with Crippen molar-refractivity contribution in [2.75, 3.05) is 7.05 Å².